The number of fused-ring (bicyclic) bond motifs is 8. The Kier molecular flexibility index (Phi) is 9.49. The standard InChI is InChI=1S/C61H79BN2S/c1-36-30-37(54(2,3)4)20-23-45(36)64-48-32-38(55(5,6)7)31-47-50(48)62(53-51(64)49-52(65-53)61(18,19)29-28-60(49,16)17)44-34-42-43(59(14,15)27-26-58(42,12)13)35-46(44)63(47)39-21-22-40-41(33-39)57(10,11)25-24-56(40,8)9/h20-23,30-35H,24-29H2,1-19H3. The third-order valence-electron chi connectivity index (χ3n) is 17.8. The van der Waals surface area contributed by atoms with Crippen LogP contribution in [0, 0.1) is 6.92 Å². The smallest absolute Gasteiger partial charge is 0.264 e. The Morgan fingerprint density at radius 2 is 0.985 bits per heavy atom. The average molecular weight is 883 g/mol. The van der Waals surface area contributed by atoms with Gasteiger partial charge in [-0.15, -0.1) is 0 Å². The zero-order chi connectivity index (χ0) is 47.1. The normalized spacial score (nSPS) is 21.4. The first-order valence-electron chi connectivity index (χ1n) is 25.3. The van der Waals surface area contributed by atoms with E-state index in [2.05, 4.69) is 213 Å². The van der Waals surface area contributed by atoms with E-state index in [1.54, 1.807) is 16.0 Å². The number of hydrogen-bond donors (Lipinski definition) is 0. The molecule has 0 atom stereocenters. The fourth-order valence-corrected chi connectivity index (χ4v) is 14.6. The van der Waals surface area contributed by atoms with Crippen molar-refractivity contribution in [3.63, 3.8) is 0 Å². The van der Waals surface area contributed by atoms with Crippen LogP contribution in [0.2, 0.25) is 0 Å². The minimum Gasteiger partial charge on any atom is -0.311 e. The summed E-state index contributed by atoms with van der Waals surface area (Å²) in [5.41, 5.74) is 23.5. The summed E-state index contributed by atoms with van der Waals surface area (Å²) in [6.07, 6.45) is 7.19. The van der Waals surface area contributed by atoms with E-state index in [4.69, 9.17) is 0 Å². The van der Waals surface area contributed by atoms with Crippen LogP contribution in [0.1, 0.15) is 213 Å². The molecule has 5 aromatic rings. The molecule has 65 heavy (non-hydrogen) atoms. The summed E-state index contributed by atoms with van der Waals surface area (Å²) in [7, 11) is 0. The van der Waals surface area contributed by atoms with Gasteiger partial charge >= 0.3 is 0 Å². The van der Waals surface area contributed by atoms with Gasteiger partial charge in [0, 0.05) is 38.1 Å². The van der Waals surface area contributed by atoms with Crippen LogP contribution >= 0.6 is 11.3 Å². The van der Waals surface area contributed by atoms with E-state index in [9.17, 15) is 0 Å². The van der Waals surface area contributed by atoms with Gasteiger partial charge in [0.05, 0.1) is 5.69 Å². The van der Waals surface area contributed by atoms with Gasteiger partial charge in [-0.05, 0) is 181 Å². The first kappa shape index (κ1) is 45.0. The number of benzene rings is 4. The van der Waals surface area contributed by atoms with Gasteiger partial charge < -0.3 is 9.80 Å². The maximum absolute atomic E-state index is 2.80. The predicted octanol–water partition coefficient (Wildman–Crippen LogP) is 15.8. The van der Waals surface area contributed by atoms with Crippen molar-refractivity contribution in [1.82, 2.24) is 0 Å². The number of nitrogens with zero attached hydrogens (tertiary/aromatic N) is 2. The van der Waals surface area contributed by atoms with Crippen molar-refractivity contribution in [2.75, 3.05) is 9.80 Å². The Morgan fingerprint density at radius 3 is 1.55 bits per heavy atom. The second kappa shape index (κ2) is 13.7. The van der Waals surface area contributed by atoms with Crippen molar-refractivity contribution in [1.29, 1.82) is 0 Å². The van der Waals surface area contributed by atoms with E-state index in [-0.39, 0.29) is 50.0 Å². The SMILES string of the molecule is Cc1cc(C(C)(C)C)ccc1N1c2cc(C(C)(C)C)cc3c2B(c2cc4c(cc2N3c2ccc3c(c2)C(C)(C)CCC3(C)C)C(C)(C)CCC4(C)C)c2sc3c(c21)C(C)(C)CCC3(C)C. The second-order valence-corrected chi connectivity index (χ2v) is 28.6. The molecule has 1 aromatic heterocycles. The Hall–Kier alpha value is -3.76. The molecule has 0 amide bonds. The lowest BCUT2D eigenvalue weighted by Gasteiger charge is -2.48. The number of rotatable bonds is 2. The summed E-state index contributed by atoms with van der Waals surface area (Å²) >= 11 is 2.16. The van der Waals surface area contributed by atoms with Gasteiger partial charge in [-0.2, -0.15) is 11.3 Å². The van der Waals surface area contributed by atoms with Gasteiger partial charge in [-0.25, -0.2) is 0 Å². The molecule has 3 aliphatic carbocycles. The molecule has 0 saturated heterocycles. The van der Waals surface area contributed by atoms with Crippen LogP contribution in [0.3, 0.4) is 0 Å². The van der Waals surface area contributed by atoms with Crippen molar-refractivity contribution in [2.45, 2.75) is 213 Å². The highest BCUT2D eigenvalue weighted by Crippen LogP contribution is 2.58. The van der Waals surface area contributed by atoms with Crippen LogP contribution in [-0.2, 0) is 43.3 Å². The summed E-state index contributed by atoms with van der Waals surface area (Å²) in [4.78, 5) is 7.16. The van der Waals surface area contributed by atoms with E-state index in [0.29, 0.717) is 0 Å². The highest BCUT2D eigenvalue weighted by Gasteiger charge is 2.52. The zero-order valence-corrected chi connectivity index (χ0v) is 44.7. The maximum atomic E-state index is 2.80. The summed E-state index contributed by atoms with van der Waals surface area (Å²) in [6.45, 7) is 46.9. The Bertz CT molecular complexity index is 2830. The molecule has 2 nitrogen and oxygen atoms in total. The van der Waals surface area contributed by atoms with Crippen LogP contribution < -0.4 is 25.5 Å². The molecule has 0 fully saturated rings. The number of thiophene rings is 1. The number of anilines is 6. The van der Waals surface area contributed by atoms with Crippen molar-refractivity contribution >= 4 is 67.9 Å². The third-order valence-corrected chi connectivity index (χ3v) is 19.4. The van der Waals surface area contributed by atoms with Gasteiger partial charge in [-0.1, -0.05) is 149 Å². The monoisotopic (exact) mass is 883 g/mol. The Morgan fingerprint density at radius 1 is 0.477 bits per heavy atom. The number of aryl methyl sites for hydroxylation is 1. The van der Waals surface area contributed by atoms with Crippen LogP contribution in [0.5, 0.6) is 0 Å². The van der Waals surface area contributed by atoms with Crippen LogP contribution in [0.15, 0.2) is 60.7 Å². The van der Waals surface area contributed by atoms with Gasteiger partial charge in [0.2, 0.25) is 0 Å². The second-order valence-electron chi connectivity index (χ2n) is 27.5. The summed E-state index contributed by atoms with van der Waals surface area (Å²) < 4.78 is 1.54. The Labute approximate surface area is 399 Å². The molecule has 4 aromatic carbocycles. The lowest BCUT2D eigenvalue weighted by molar-refractivity contribution is 0.332. The third kappa shape index (κ3) is 6.65. The summed E-state index contributed by atoms with van der Waals surface area (Å²) in [5.74, 6) is 0. The highest BCUT2D eigenvalue weighted by molar-refractivity contribution is 7.29. The molecular weight excluding hydrogens is 804 g/mol. The summed E-state index contributed by atoms with van der Waals surface area (Å²) in [6, 6.07) is 25.7. The molecular formula is C61H79BN2S. The summed E-state index contributed by atoms with van der Waals surface area (Å²) in [5, 5.41) is 0. The van der Waals surface area contributed by atoms with E-state index in [1.807, 2.05) is 0 Å². The molecule has 0 N–H and O–H groups in total. The predicted molar refractivity (Wildman–Crippen MR) is 286 cm³/mol. The van der Waals surface area contributed by atoms with Crippen LogP contribution in [0.4, 0.5) is 34.1 Å². The van der Waals surface area contributed by atoms with Crippen molar-refractivity contribution in [2.24, 2.45) is 0 Å². The molecule has 5 aliphatic rings. The van der Waals surface area contributed by atoms with Gasteiger partial charge in [0.25, 0.3) is 6.71 Å². The van der Waals surface area contributed by atoms with E-state index < -0.39 is 0 Å². The first-order chi connectivity index (χ1) is 29.9. The van der Waals surface area contributed by atoms with Crippen LogP contribution in [-0.4, -0.2) is 6.71 Å². The van der Waals surface area contributed by atoms with Gasteiger partial charge in [-0.3, -0.25) is 0 Å². The molecule has 2 aliphatic heterocycles. The van der Waals surface area contributed by atoms with Gasteiger partial charge in [0.1, 0.15) is 0 Å². The maximum Gasteiger partial charge on any atom is 0.264 e. The molecule has 10 rings (SSSR count). The molecule has 0 bridgehead atoms. The van der Waals surface area contributed by atoms with Crippen LogP contribution in [0.25, 0.3) is 0 Å². The fraction of sp³-hybridized carbons (Fsp3) is 0.541. The quantitative estimate of drug-likeness (QED) is 0.160. The van der Waals surface area contributed by atoms with Gasteiger partial charge in [0.15, 0.2) is 0 Å². The lowest BCUT2D eigenvalue weighted by Crippen LogP contribution is -2.61. The molecule has 0 unspecified atom stereocenters. The number of hydrogen-bond acceptors (Lipinski definition) is 3. The minimum absolute atomic E-state index is 0.0313. The highest BCUT2D eigenvalue weighted by atomic mass is 32.1. The topological polar surface area (TPSA) is 6.48 Å². The average Bonchev–Trinajstić information content (AvgIpc) is 3.62. The van der Waals surface area contributed by atoms with E-state index in [1.165, 1.54) is 122 Å². The van der Waals surface area contributed by atoms with E-state index in [0.717, 1.165) is 0 Å². The molecule has 4 heteroatoms. The van der Waals surface area contributed by atoms with Crippen molar-refractivity contribution < 1.29 is 0 Å². The lowest BCUT2D eigenvalue weighted by atomic mass is 9.35. The minimum atomic E-state index is -0.0802. The molecule has 0 radical (unpaired) electrons. The molecule has 0 spiro atoms. The zero-order valence-electron chi connectivity index (χ0n) is 43.9. The van der Waals surface area contributed by atoms with Crippen molar-refractivity contribution in [3.05, 3.63) is 110 Å². The fourth-order valence-electron chi connectivity index (χ4n) is 12.9. The molecule has 3 heterocycles. The molecule has 342 valence electrons. The molecule has 0 saturated carbocycles. The van der Waals surface area contributed by atoms with Crippen molar-refractivity contribution in [3.8, 4) is 0 Å². The van der Waals surface area contributed by atoms with E-state index >= 15 is 0 Å². The first-order valence-corrected chi connectivity index (χ1v) is 26.1. The Balaban J connectivity index is 1.39. The largest absolute Gasteiger partial charge is 0.311 e.